The molecule has 0 unspecified atom stereocenters. The van der Waals surface area contributed by atoms with E-state index in [-0.39, 0.29) is 18.8 Å². The molecule has 0 saturated carbocycles. The number of benzene rings is 2. The third-order valence-corrected chi connectivity index (χ3v) is 8.15. The predicted octanol–water partition coefficient (Wildman–Crippen LogP) is -3.19. The van der Waals surface area contributed by atoms with Crippen LogP contribution in [0.25, 0.3) is 0 Å². The second kappa shape index (κ2) is 23.7. The third-order valence-electron chi connectivity index (χ3n) is 8.15. The molecule has 9 amide bonds. The summed E-state index contributed by atoms with van der Waals surface area (Å²) in [5.41, 5.74) is 11.9. The van der Waals surface area contributed by atoms with Crippen LogP contribution < -0.4 is 48.7 Å². The molecule has 0 bridgehead atoms. The highest BCUT2D eigenvalue weighted by Crippen LogP contribution is 2.07. The van der Waals surface area contributed by atoms with Crippen molar-refractivity contribution in [2.24, 2.45) is 17.4 Å². The van der Waals surface area contributed by atoms with E-state index < -0.39 is 109 Å². The van der Waals surface area contributed by atoms with Crippen molar-refractivity contribution in [1.29, 1.82) is 0 Å². The Morgan fingerprint density at radius 2 is 1.10 bits per heavy atom. The number of amides is 9. The summed E-state index contributed by atoms with van der Waals surface area (Å²) in [6.07, 6.45) is 0.622. The Kier molecular flexibility index (Phi) is 19.2. The second-order valence-corrected chi connectivity index (χ2v) is 13.3. The van der Waals surface area contributed by atoms with Crippen LogP contribution in [0.3, 0.4) is 0 Å². The summed E-state index contributed by atoms with van der Waals surface area (Å²) < 4.78 is 0. The van der Waals surface area contributed by atoms with Gasteiger partial charge in [0, 0.05) is 25.0 Å². The van der Waals surface area contributed by atoms with E-state index in [1.54, 1.807) is 74.5 Å². The molecule has 0 radical (unpaired) electrons. The number of nitrogens with two attached hydrogens (primary N) is 2. The van der Waals surface area contributed by atoms with Crippen molar-refractivity contribution in [3.63, 3.8) is 0 Å². The average molecular weight is 808 g/mol. The average Bonchev–Trinajstić information content (AvgIpc) is 3.16. The van der Waals surface area contributed by atoms with Gasteiger partial charge < -0.3 is 53.8 Å². The number of carboxylic acid groups (broad SMARTS) is 1. The molecule has 2 rings (SSSR count). The van der Waals surface area contributed by atoms with E-state index in [1.807, 2.05) is 0 Å². The summed E-state index contributed by atoms with van der Waals surface area (Å²) in [4.78, 5) is 124. The van der Waals surface area contributed by atoms with Gasteiger partial charge in [-0.05, 0) is 24.0 Å². The molecule has 0 aliphatic heterocycles. The maximum absolute atomic E-state index is 13.4. The van der Waals surface area contributed by atoms with Crippen molar-refractivity contribution in [3.8, 4) is 0 Å². The molecule has 58 heavy (non-hydrogen) atoms. The van der Waals surface area contributed by atoms with Gasteiger partial charge in [-0.1, -0.05) is 74.5 Å². The molecule has 20 nitrogen and oxygen atoms in total. The first-order valence-electron chi connectivity index (χ1n) is 18.0. The number of hydrogen-bond donors (Lipinski definition) is 10. The van der Waals surface area contributed by atoms with Gasteiger partial charge >= 0.3 is 5.97 Å². The van der Waals surface area contributed by atoms with Crippen molar-refractivity contribution >= 4 is 59.1 Å². The lowest BCUT2D eigenvalue weighted by molar-refractivity contribution is -0.141. The summed E-state index contributed by atoms with van der Waals surface area (Å²) in [5.74, 6) is -9.53. The molecule has 12 N–H and O–H groups in total. The largest absolute Gasteiger partial charge is 0.480 e. The first-order chi connectivity index (χ1) is 27.4. The molecule has 0 aromatic heterocycles. The van der Waals surface area contributed by atoms with Crippen LogP contribution in [-0.2, 0) is 60.8 Å². The number of carbonyl (C=O) groups excluding carboxylic acids is 9. The molecule has 2 aromatic rings. The molecule has 0 heterocycles. The first kappa shape index (κ1) is 47.0. The lowest BCUT2D eigenvalue weighted by Crippen LogP contribution is -2.58. The van der Waals surface area contributed by atoms with Crippen LogP contribution in [0.1, 0.15) is 38.3 Å². The van der Waals surface area contributed by atoms with Crippen molar-refractivity contribution in [1.82, 2.24) is 37.2 Å². The Morgan fingerprint density at radius 3 is 1.62 bits per heavy atom. The van der Waals surface area contributed by atoms with E-state index in [9.17, 15) is 53.1 Å². The van der Waals surface area contributed by atoms with Gasteiger partial charge in [0.25, 0.3) is 0 Å². The summed E-state index contributed by atoms with van der Waals surface area (Å²) >= 11 is 0. The highest BCUT2D eigenvalue weighted by molar-refractivity contribution is 6.01. The molecular weight excluding hydrogens is 758 g/mol. The Balaban J connectivity index is 1.99. The number of aliphatic carboxylic acids is 1. The zero-order chi connectivity index (χ0) is 43.4. The summed E-state index contributed by atoms with van der Waals surface area (Å²) in [6, 6.07) is 10.6. The van der Waals surface area contributed by atoms with E-state index in [0.29, 0.717) is 17.2 Å². The predicted molar refractivity (Wildman–Crippen MR) is 206 cm³/mol. The molecule has 312 valence electrons. The molecule has 0 aliphatic rings. The van der Waals surface area contributed by atoms with E-state index in [1.165, 1.54) is 6.92 Å². The Hall–Kier alpha value is -7.12. The molecule has 5 atom stereocenters. The monoisotopic (exact) mass is 807 g/mol. The minimum absolute atomic E-state index is 0.00713. The van der Waals surface area contributed by atoms with Gasteiger partial charge in [0.15, 0.2) is 0 Å². The van der Waals surface area contributed by atoms with Crippen molar-refractivity contribution in [2.75, 3.05) is 13.1 Å². The van der Waals surface area contributed by atoms with E-state index in [2.05, 4.69) is 37.2 Å². The number of carboxylic acids is 1. The van der Waals surface area contributed by atoms with Crippen LogP contribution in [0.15, 0.2) is 72.8 Å². The summed E-state index contributed by atoms with van der Waals surface area (Å²) in [5, 5.41) is 25.8. The number of hydrogen-bond acceptors (Lipinski definition) is 10. The Morgan fingerprint density at radius 1 is 0.586 bits per heavy atom. The van der Waals surface area contributed by atoms with Crippen LogP contribution in [-0.4, -0.2) is 108 Å². The molecule has 20 heteroatoms. The second-order valence-electron chi connectivity index (χ2n) is 13.3. The van der Waals surface area contributed by atoms with Crippen molar-refractivity contribution in [3.05, 3.63) is 83.9 Å². The van der Waals surface area contributed by atoms with E-state index in [0.717, 1.165) is 6.08 Å². The number of nitrogens with one attached hydrogen (secondary N) is 7. The zero-order valence-corrected chi connectivity index (χ0v) is 32.1. The summed E-state index contributed by atoms with van der Waals surface area (Å²) in [7, 11) is 0. The fraction of sp³-hybridized carbons (Fsp3) is 0.368. The normalized spacial score (nSPS) is 13.4. The van der Waals surface area contributed by atoms with E-state index in [4.69, 9.17) is 11.5 Å². The van der Waals surface area contributed by atoms with Gasteiger partial charge in [0.05, 0.1) is 19.5 Å². The maximum Gasteiger partial charge on any atom is 0.326 e. The molecule has 2 aromatic carbocycles. The zero-order valence-electron chi connectivity index (χ0n) is 32.1. The maximum atomic E-state index is 13.4. The van der Waals surface area contributed by atoms with Gasteiger partial charge in [0.2, 0.25) is 53.2 Å². The van der Waals surface area contributed by atoms with Crippen molar-refractivity contribution < 1.29 is 53.1 Å². The van der Waals surface area contributed by atoms with Crippen LogP contribution >= 0.6 is 0 Å². The standard InChI is InChI=1S/C38H49N9O11/c1-21(2)33(34(40)53)47-35(54)22(3)43-36(55)25(16-23-10-6-4-7-11-23)46-37(56)26(18-28(39)48)44-30(50)15-14-29(49)41-19-31(51)42-20-32(52)45-27(38(57)58)17-24-12-8-5-9-13-24/h4-15,21-22,25-27,33H,16-20H2,1-3H3,(H2,39,48)(H2,40,53)(H,41,49)(H,42,51)(H,43,55)(H,44,50)(H,45,52)(H,46,56)(H,47,54)(H,57,58)/b15-14+/t22-,25-,26-,27-,33-/m0/s1. The molecule has 0 fully saturated rings. The van der Waals surface area contributed by atoms with Gasteiger partial charge in [-0.25, -0.2) is 4.79 Å². The van der Waals surface area contributed by atoms with Crippen LogP contribution in [0.2, 0.25) is 0 Å². The fourth-order valence-corrected chi connectivity index (χ4v) is 5.10. The topological polar surface area (TPSA) is 327 Å². The van der Waals surface area contributed by atoms with Gasteiger partial charge in [-0.15, -0.1) is 0 Å². The molecule has 0 aliphatic carbocycles. The van der Waals surface area contributed by atoms with E-state index >= 15 is 0 Å². The molecular formula is C38H49N9O11. The molecule has 0 saturated heterocycles. The fourth-order valence-electron chi connectivity index (χ4n) is 5.10. The Bertz CT molecular complexity index is 1840. The van der Waals surface area contributed by atoms with Gasteiger partial charge in [-0.2, -0.15) is 0 Å². The number of rotatable bonds is 23. The van der Waals surface area contributed by atoms with Gasteiger partial charge in [0.1, 0.15) is 30.2 Å². The summed E-state index contributed by atoms with van der Waals surface area (Å²) in [6.45, 7) is 3.46. The Labute approximate surface area is 333 Å². The first-order valence-corrected chi connectivity index (χ1v) is 18.0. The quantitative estimate of drug-likeness (QED) is 0.0499. The van der Waals surface area contributed by atoms with Crippen LogP contribution in [0.5, 0.6) is 0 Å². The van der Waals surface area contributed by atoms with Crippen molar-refractivity contribution in [2.45, 2.75) is 70.2 Å². The lowest BCUT2D eigenvalue weighted by Gasteiger charge is -2.25. The minimum Gasteiger partial charge on any atom is -0.480 e. The number of carbonyl (C=O) groups is 10. The molecule has 0 spiro atoms. The lowest BCUT2D eigenvalue weighted by atomic mass is 10.0. The van der Waals surface area contributed by atoms with Gasteiger partial charge in [-0.3, -0.25) is 43.2 Å². The smallest absolute Gasteiger partial charge is 0.326 e. The SMILES string of the molecule is CC(C)[C@H](NC(=O)[C@H](C)NC(=O)[C@H](Cc1ccccc1)NC(=O)[C@H](CC(N)=O)NC(=O)/C=C/C(=O)NCC(=O)NCC(=O)N[C@@H](Cc1ccccc1)C(=O)O)C(N)=O. The minimum atomic E-state index is -1.63. The highest BCUT2D eigenvalue weighted by Gasteiger charge is 2.31. The third kappa shape index (κ3) is 17.6. The number of primary amides is 2. The van der Waals surface area contributed by atoms with Crippen LogP contribution in [0, 0.1) is 5.92 Å². The van der Waals surface area contributed by atoms with Crippen LogP contribution in [0.4, 0.5) is 0 Å². The highest BCUT2D eigenvalue weighted by atomic mass is 16.4.